The zero-order valence-electron chi connectivity index (χ0n) is 15.8. The number of hydrogen-bond donors (Lipinski definition) is 0. The van der Waals surface area contributed by atoms with Gasteiger partial charge in [-0.05, 0) is 49.2 Å². The first-order valence-corrected chi connectivity index (χ1v) is 10.1. The van der Waals surface area contributed by atoms with Gasteiger partial charge in [-0.3, -0.25) is 4.57 Å². The number of halogens is 2. The summed E-state index contributed by atoms with van der Waals surface area (Å²) in [4.78, 5) is 0. The summed E-state index contributed by atoms with van der Waals surface area (Å²) in [6.07, 6.45) is 1.77. The second-order valence-electron chi connectivity index (χ2n) is 6.40. The zero-order valence-corrected chi connectivity index (χ0v) is 17.4. The molecule has 0 atom stereocenters. The zero-order chi connectivity index (χ0) is 20.1. The smallest absolute Gasteiger partial charge is 0.191 e. The number of ether oxygens (including phenoxy) is 1. The molecule has 0 aliphatic rings. The number of hydrogen-bond acceptors (Lipinski definition) is 4. The van der Waals surface area contributed by atoms with Crippen molar-refractivity contribution in [1.82, 2.24) is 14.8 Å². The van der Waals surface area contributed by atoms with Gasteiger partial charge < -0.3 is 4.74 Å². The molecule has 146 valence electrons. The van der Waals surface area contributed by atoms with Crippen LogP contribution in [0, 0.1) is 19.7 Å². The van der Waals surface area contributed by atoms with E-state index in [1.54, 1.807) is 18.2 Å². The molecular formula is C21H21ClFN3OS. The van der Waals surface area contributed by atoms with Gasteiger partial charge in [-0.25, -0.2) is 4.39 Å². The predicted octanol–water partition coefficient (Wildman–Crippen LogP) is 5.74. The van der Waals surface area contributed by atoms with Gasteiger partial charge in [0, 0.05) is 22.9 Å². The lowest BCUT2D eigenvalue weighted by molar-refractivity contribution is 0.289. The topological polar surface area (TPSA) is 39.9 Å². The molecule has 3 rings (SSSR count). The first-order chi connectivity index (χ1) is 13.5. The Balaban J connectivity index is 1.74. The molecule has 1 heterocycles. The Labute approximate surface area is 173 Å². The summed E-state index contributed by atoms with van der Waals surface area (Å²) in [5.41, 5.74) is 2.73. The van der Waals surface area contributed by atoms with Gasteiger partial charge in [0.15, 0.2) is 11.0 Å². The minimum absolute atomic E-state index is 0.282. The summed E-state index contributed by atoms with van der Waals surface area (Å²) in [5.74, 6) is 1.51. The highest BCUT2D eigenvalue weighted by Crippen LogP contribution is 2.28. The molecule has 4 nitrogen and oxygen atoms in total. The van der Waals surface area contributed by atoms with E-state index in [4.69, 9.17) is 16.3 Å². The lowest BCUT2D eigenvalue weighted by Crippen LogP contribution is -2.07. The van der Waals surface area contributed by atoms with Crippen LogP contribution in [0.2, 0.25) is 5.02 Å². The molecule has 0 amide bonds. The second kappa shape index (κ2) is 9.26. The molecule has 0 aliphatic carbocycles. The van der Waals surface area contributed by atoms with Gasteiger partial charge in [0.05, 0.1) is 0 Å². The van der Waals surface area contributed by atoms with E-state index in [-0.39, 0.29) is 12.4 Å². The van der Waals surface area contributed by atoms with Crippen LogP contribution in [0.4, 0.5) is 4.39 Å². The molecule has 0 bridgehead atoms. The first-order valence-electron chi connectivity index (χ1n) is 8.77. The van der Waals surface area contributed by atoms with Crippen LogP contribution in [-0.2, 0) is 18.9 Å². The largest absolute Gasteiger partial charge is 0.486 e. The average Bonchev–Trinajstić information content (AvgIpc) is 3.01. The van der Waals surface area contributed by atoms with Crippen LogP contribution in [-0.4, -0.2) is 14.8 Å². The summed E-state index contributed by atoms with van der Waals surface area (Å²) in [7, 11) is 0. The fourth-order valence-corrected chi connectivity index (χ4v) is 4.13. The average molecular weight is 418 g/mol. The maximum atomic E-state index is 14.0. The van der Waals surface area contributed by atoms with Crippen LogP contribution >= 0.6 is 23.4 Å². The third kappa shape index (κ3) is 4.94. The highest BCUT2D eigenvalue weighted by Gasteiger charge is 2.15. The van der Waals surface area contributed by atoms with E-state index in [0.29, 0.717) is 33.9 Å². The Bertz CT molecular complexity index is 949. The first kappa shape index (κ1) is 20.4. The normalized spacial score (nSPS) is 10.9. The van der Waals surface area contributed by atoms with Gasteiger partial charge in [0.1, 0.15) is 18.2 Å². The van der Waals surface area contributed by atoms with Crippen molar-refractivity contribution in [2.24, 2.45) is 0 Å². The Morgan fingerprint density at radius 1 is 1.21 bits per heavy atom. The molecule has 0 fully saturated rings. The van der Waals surface area contributed by atoms with Gasteiger partial charge in [0.25, 0.3) is 0 Å². The van der Waals surface area contributed by atoms with Crippen molar-refractivity contribution in [2.75, 3.05) is 0 Å². The van der Waals surface area contributed by atoms with Crippen LogP contribution in [0.3, 0.4) is 0 Å². The molecule has 0 spiro atoms. The molecule has 0 N–H and O–H groups in total. The van der Waals surface area contributed by atoms with E-state index in [0.717, 1.165) is 16.9 Å². The SMILES string of the molecule is C=CCn1c(COc2cc(C)cc(C)c2)nnc1SCc1c(F)cccc1Cl. The van der Waals surface area contributed by atoms with Crippen LogP contribution in [0.1, 0.15) is 22.5 Å². The van der Waals surface area contributed by atoms with E-state index in [1.165, 1.54) is 17.8 Å². The maximum Gasteiger partial charge on any atom is 0.191 e. The fraction of sp³-hybridized carbons (Fsp3) is 0.238. The summed E-state index contributed by atoms with van der Waals surface area (Å²) >= 11 is 7.49. The minimum Gasteiger partial charge on any atom is -0.486 e. The van der Waals surface area contributed by atoms with Crippen molar-refractivity contribution in [3.05, 3.63) is 82.4 Å². The Hall–Kier alpha value is -2.31. The Morgan fingerprint density at radius 2 is 1.96 bits per heavy atom. The van der Waals surface area contributed by atoms with Crippen molar-refractivity contribution in [2.45, 2.75) is 37.9 Å². The van der Waals surface area contributed by atoms with Crippen LogP contribution in [0.15, 0.2) is 54.2 Å². The van der Waals surface area contributed by atoms with Gasteiger partial charge >= 0.3 is 0 Å². The predicted molar refractivity (Wildman–Crippen MR) is 111 cm³/mol. The lowest BCUT2D eigenvalue weighted by Gasteiger charge is -2.10. The second-order valence-corrected chi connectivity index (χ2v) is 7.75. The lowest BCUT2D eigenvalue weighted by atomic mass is 10.1. The van der Waals surface area contributed by atoms with E-state index < -0.39 is 0 Å². The number of nitrogens with zero attached hydrogens (tertiary/aromatic N) is 3. The van der Waals surface area contributed by atoms with Gasteiger partial charge in [-0.2, -0.15) is 0 Å². The van der Waals surface area contributed by atoms with E-state index in [9.17, 15) is 4.39 Å². The molecular weight excluding hydrogens is 397 g/mol. The maximum absolute atomic E-state index is 14.0. The fourth-order valence-electron chi connectivity index (χ4n) is 2.82. The highest BCUT2D eigenvalue weighted by atomic mass is 35.5. The van der Waals surface area contributed by atoms with Crippen molar-refractivity contribution >= 4 is 23.4 Å². The summed E-state index contributed by atoms with van der Waals surface area (Å²) in [5, 5.41) is 9.55. The van der Waals surface area contributed by atoms with E-state index in [2.05, 4.69) is 22.8 Å². The molecule has 0 radical (unpaired) electrons. The minimum atomic E-state index is -0.326. The molecule has 0 aliphatic heterocycles. The third-order valence-electron chi connectivity index (χ3n) is 4.08. The van der Waals surface area contributed by atoms with Crippen LogP contribution in [0.5, 0.6) is 5.75 Å². The number of aryl methyl sites for hydroxylation is 2. The van der Waals surface area contributed by atoms with Crippen molar-refractivity contribution in [3.8, 4) is 5.75 Å². The Kier molecular flexibility index (Phi) is 6.75. The molecule has 2 aromatic carbocycles. The molecule has 0 saturated carbocycles. The Morgan fingerprint density at radius 3 is 2.64 bits per heavy atom. The molecule has 1 aromatic heterocycles. The highest BCUT2D eigenvalue weighted by molar-refractivity contribution is 7.98. The van der Waals surface area contributed by atoms with Crippen molar-refractivity contribution < 1.29 is 9.13 Å². The van der Waals surface area contributed by atoms with E-state index >= 15 is 0 Å². The molecule has 0 unspecified atom stereocenters. The van der Waals surface area contributed by atoms with E-state index in [1.807, 2.05) is 30.5 Å². The molecule has 28 heavy (non-hydrogen) atoms. The third-order valence-corrected chi connectivity index (χ3v) is 5.42. The number of allylic oxidation sites excluding steroid dienone is 1. The van der Waals surface area contributed by atoms with Crippen LogP contribution < -0.4 is 4.74 Å². The van der Waals surface area contributed by atoms with Gasteiger partial charge in [-0.15, -0.1) is 16.8 Å². The molecule has 0 saturated heterocycles. The van der Waals surface area contributed by atoms with Crippen LogP contribution in [0.25, 0.3) is 0 Å². The standard InChI is InChI=1S/C21H21ClFN3OS/c1-4-8-26-20(12-27-16-10-14(2)9-15(3)11-16)24-25-21(26)28-13-17-18(22)6-5-7-19(17)23/h4-7,9-11H,1,8,12-13H2,2-3H3. The monoisotopic (exact) mass is 417 g/mol. The van der Waals surface area contributed by atoms with Crippen molar-refractivity contribution in [3.63, 3.8) is 0 Å². The van der Waals surface area contributed by atoms with Gasteiger partial charge in [0.2, 0.25) is 0 Å². The quantitative estimate of drug-likeness (QED) is 0.346. The molecule has 7 heteroatoms. The summed E-state index contributed by atoms with van der Waals surface area (Å²) in [6, 6.07) is 10.7. The number of benzene rings is 2. The van der Waals surface area contributed by atoms with Gasteiger partial charge in [-0.1, -0.05) is 41.6 Å². The summed E-state index contributed by atoms with van der Waals surface area (Å²) < 4.78 is 21.8. The molecule has 3 aromatic rings. The van der Waals surface area contributed by atoms with Crippen molar-refractivity contribution in [1.29, 1.82) is 0 Å². The number of rotatable bonds is 8. The number of thioether (sulfide) groups is 1. The number of aromatic nitrogens is 3. The summed E-state index contributed by atoms with van der Waals surface area (Å²) in [6.45, 7) is 8.68.